The molecule has 0 aliphatic heterocycles. The first-order valence-corrected chi connectivity index (χ1v) is 6.88. The zero-order chi connectivity index (χ0) is 14.4. The number of hydrogen-bond acceptors (Lipinski definition) is 2. The van der Waals surface area contributed by atoms with Gasteiger partial charge in [0.15, 0.2) is 0 Å². The van der Waals surface area contributed by atoms with Crippen molar-refractivity contribution >= 4 is 11.6 Å². The van der Waals surface area contributed by atoms with Crippen LogP contribution in [0.2, 0.25) is 5.02 Å². The van der Waals surface area contributed by atoms with Crippen molar-refractivity contribution in [2.45, 2.75) is 13.1 Å². The van der Waals surface area contributed by atoms with Crippen LogP contribution in [-0.4, -0.2) is 23.2 Å². The average Bonchev–Trinajstić information content (AvgIpc) is 2.45. The molecule has 2 aromatic carbocycles. The van der Waals surface area contributed by atoms with Crippen molar-refractivity contribution in [3.8, 4) is 0 Å². The van der Waals surface area contributed by atoms with Gasteiger partial charge in [-0.25, -0.2) is 4.39 Å². The van der Waals surface area contributed by atoms with Gasteiger partial charge in [0.1, 0.15) is 5.82 Å². The van der Waals surface area contributed by atoms with Crippen LogP contribution in [0.5, 0.6) is 0 Å². The third kappa shape index (κ3) is 4.04. The molecule has 0 bridgehead atoms. The van der Waals surface area contributed by atoms with E-state index in [0.29, 0.717) is 19.6 Å². The van der Waals surface area contributed by atoms with Crippen molar-refractivity contribution in [1.82, 2.24) is 4.90 Å². The number of aliphatic hydroxyl groups excluding tert-OH is 1. The minimum Gasteiger partial charge on any atom is -0.395 e. The molecular formula is C16H17ClFNO. The normalized spacial score (nSPS) is 11.0. The fourth-order valence-electron chi connectivity index (χ4n) is 2.11. The van der Waals surface area contributed by atoms with Crippen LogP contribution >= 0.6 is 11.6 Å². The highest BCUT2D eigenvalue weighted by Gasteiger charge is 2.11. The second-order valence-corrected chi connectivity index (χ2v) is 5.01. The lowest BCUT2D eigenvalue weighted by Crippen LogP contribution is -2.26. The molecule has 0 aromatic heterocycles. The molecule has 1 N–H and O–H groups in total. The molecule has 0 atom stereocenters. The van der Waals surface area contributed by atoms with Gasteiger partial charge >= 0.3 is 0 Å². The molecule has 2 aromatic rings. The third-order valence-electron chi connectivity index (χ3n) is 3.09. The Hall–Kier alpha value is -1.42. The fourth-order valence-corrected chi connectivity index (χ4v) is 2.29. The molecule has 0 saturated carbocycles. The number of benzene rings is 2. The summed E-state index contributed by atoms with van der Waals surface area (Å²) in [6.07, 6.45) is 0. The Kier molecular flexibility index (Phi) is 5.53. The van der Waals surface area contributed by atoms with E-state index in [4.69, 9.17) is 16.7 Å². The molecule has 20 heavy (non-hydrogen) atoms. The van der Waals surface area contributed by atoms with E-state index in [9.17, 15) is 4.39 Å². The first-order valence-electron chi connectivity index (χ1n) is 6.50. The Morgan fingerprint density at radius 2 is 1.75 bits per heavy atom. The summed E-state index contributed by atoms with van der Waals surface area (Å²) in [6.45, 7) is 1.77. The van der Waals surface area contributed by atoms with Crippen molar-refractivity contribution in [2.75, 3.05) is 13.2 Å². The molecule has 106 valence electrons. The van der Waals surface area contributed by atoms with Gasteiger partial charge in [-0.05, 0) is 17.2 Å². The van der Waals surface area contributed by atoms with Crippen molar-refractivity contribution in [3.63, 3.8) is 0 Å². The Bertz CT molecular complexity index is 547. The Balaban J connectivity index is 2.11. The number of aliphatic hydroxyl groups is 1. The summed E-state index contributed by atoms with van der Waals surface area (Å²) in [6, 6.07) is 14.8. The first-order chi connectivity index (χ1) is 9.70. The fraction of sp³-hybridized carbons (Fsp3) is 0.250. The van der Waals surface area contributed by atoms with Crippen LogP contribution in [0.25, 0.3) is 0 Å². The third-order valence-corrected chi connectivity index (χ3v) is 3.51. The lowest BCUT2D eigenvalue weighted by atomic mass is 10.1. The van der Waals surface area contributed by atoms with Crippen LogP contribution in [0.15, 0.2) is 48.5 Å². The Morgan fingerprint density at radius 1 is 1.00 bits per heavy atom. The monoisotopic (exact) mass is 293 g/mol. The van der Waals surface area contributed by atoms with Gasteiger partial charge in [-0.15, -0.1) is 0 Å². The smallest absolute Gasteiger partial charge is 0.142 e. The second kappa shape index (κ2) is 7.39. The predicted octanol–water partition coefficient (Wildman–Crippen LogP) is 3.47. The summed E-state index contributed by atoms with van der Waals surface area (Å²) >= 11 is 5.98. The van der Waals surface area contributed by atoms with Crippen LogP contribution in [0, 0.1) is 5.82 Å². The quantitative estimate of drug-likeness (QED) is 0.881. The van der Waals surface area contributed by atoms with Crippen molar-refractivity contribution < 1.29 is 9.50 Å². The van der Waals surface area contributed by atoms with Crippen molar-refractivity contribution in [1.29, 1.82) is 0 Å². The van der Waals surface area contributed by atoms with Gasteiger partial charge in [-0.3, -0.25) is 4.90 Å². The largest absolute Gasteiger partial charge is 0.395 e. The zero-order valence-electron chi connectivity index (χ0n) is 11.1. The lowest BCUT2D eigenvalue weighted by Gasteiger charge is -2.22. The van der Waals surface area contributed by atoms with E-state index in [1.165, 1.54) is 6.07 Å². The van der Waals surface area contributed by atoms with Gasteiger partial charge < -0.3 is 5.11 Å². The van der Waals surface area contributed by atoms with E-state index >= 15 is 0 Å². The molecule has 2 rings (SSSR count). The highest BCUT2D eigenvalue weighted by molar-refractivity contribution is 6.31. The summed E-state index contributed by atoms with van der Waals surface area (Å²) in [5.41, 5.74) is 1.88. The molecule has 0 amide bonds. The molecular weight excluding hydrogens is 277 g/mol. The van der Waals surface area contributed by atoms with Crippen LogP contribution in [0.4, 0.5) is 4.39 Å². The molecule has 0 radical (unpaired) electrons. The van der Waals surface area contributed by atoms with E-state index < -0.39 is 5.82 Å². The maximum atomic E-state index is 13.4. The molecule has 4 heteroatoms. The van der Waals surface area contributed by atoms with Gasteiger partial charge in [0.25, 0.3) is 0 Å². The Labute approximate surface area is 123 Å². The van der Waals surface area contributed by atoms with Gasteiger partial charge in [0.05, 0.1) is 11.6 Å². The first kappa shape index (κ1) is 15.0. The van der Waals surface area contributed by atoms with E-state index in [0.717, 1.165) is 11.1 Å². The van der Waals surface area contributed by atoms with Gasteiger partial charge in [-0.2, -0.15) is 0 Å². The summed E-state index contributed by atoms with van der Waals surface area (Å²) < 4.78 is 13.4. The molecule has 0 heterocycles. The van der Waals surface area contributed by atoms with Gasteiger partial charge in [0, 0.05) is 19.6 Å². The summed E-state index contributed by atoms with van der Waals surface area (Å²) in [4.78, 5) is 2.04. The molecule has 2 nitrogen and oxygen atoms in total. The van der Waals surface area contributed by atoms with E-state index in [1.54, 1.807) is 12.1 Å². The average molecular weight is 294 g/mol. The minimum atomic E-state index is -0.409. The molecule has 0 saturated heterocycles. The topological polar surface area (TPSA) is 23.5 Å². The SMILES string of the molecule is OCCN(Cc1ccccc1)Cc1cccc(F)c1Cl. The van der Waals surface area contributed by atoms with Crippen LogP contribution in [-0.2, 0) is 13.1 Å². The zero-order valence-corrected chi connectivity index (χ0v) is 11.9. The highest BCUT2D eigenvalue weighted by atomic mass is 35.5. The molecule has 0 aliphatic carbocycles. The molecule has 0 spiro atoms. The van der Waals surface area contributed by atoms with Crippen LogP contribution in [0.3, 0.4) is 0 Å². The number of nitrogens with zero attached hydrogens (tertiary/aromatic N) is 1. The molecule has 0 aliphatic rings. The predicted molar refractivity (Wildman–Crippen MR) is 79.1 cm³/mol. The standard InChI is InChI=1S/C16H17ClFNO/c17-16-14(7-4-8-15(16)18)12-19(9-10-20)11-13-5-2-1-3-6-13/h1-8,20H,9-12H2. The molecule has 0 unspecified atom stereocenters. The number of hydrogen-bond donors (Lipinski definition) is 1. The molecule has 0 fully saturated rings. The number of halogens is 2. The highest BCUT2D eigenvalue weighted by Crippen LogP contribution is 2.21. The minimum absolute atomic E-state index is 0.0553. The Morgan fingerprint density at radius 3 is 2.45 bits per heavy atom. The lowest BCUT2D eigenvalue weighted by molar-refractivity contribution is 0.184. The van der Waals surface area contributed by atoms with Crippen LogP contribution < -0.4 is 0 Å². The number of rotatable bonds is 6. The summed E-state index contributed by atoms with van der Waals surface area (Å²) in [5, 5.41) is 9.32. The maximum absolute atomic E-state index is 13.4. The summed E-state index contributed by atoms with van der Waals surface area (Å²) in [7, 11) is 0. The van der Waals surface area contributed by atoms with Crippen molar-refractivity contribution in [2.24, 2.45) is 0 Å². The van der Waals surface area contributed by atoms with Crippen molar-refractivity contribution in [3.05, 3.63) is 70.5 Å². The van der Waals surface area contributed by atoms with E-state index in [-0.39, 0.29) is 11.6 Å². The van der Waals surface area contributed by atoms with E-state index in [1.807, 2.05) is 35.2 Å². The second-order valence-electron chi connectivity index (χ2n) is 4.63. The van der Waals surface area contributed by atoms with E-state index in [2.05, 4.69) is 0 Å². The maximum Gasteiger partial charge on any atom is 0.142 e. The summed E-state index contributed by atoms with van der Waals surface area (Å²) in [5.74, 6) is -0.409. The van der Waals surface area contributed by atoms with Gasteiger partial charge in [-0.1, -0.05) is 54.1 Å². The van der Waals surface area contributed by atoms with Gasteiger partial charge in [0.2, 0.25) is 0 Å². The van der Waals surface area contributed by atoms with Crippen LogP contribution in [0.1, 0.15) is 11.1 Å².